The van der Waals surface area contributed by atoms with E-state index in [1.807, 2.05) is 0 Å². The van der Waals surface area contributed by atoms with Crippen molar-refractivity contribution in [3.05, 3.63) is 48.6 Å². The molecule has 0 saturated heterocycles. The van der Waals surface area contributed by atoms with Gasteiger partial charge in [-0.25, -0.2) is 0 Å². The van der Waals surface area contributed by atoms with Crippen LogP contribution in [-0.4, -0.2) is 36.4 Å². The average Bonchev–Trinajstić information content (AvgIpc) is 3.02. The molecule has 0 heterocycles. The summed E-state index contributed by atoms with van der Waals surface area (Å²) in [6.45, 7) is 4.05. The highest BCUT2D eigenvalue weighted by Gasteiger charge is 2.15. The predicted octanol–water partition coefficient (Wildman–Crippen LogP) is 11.1. The van der Waals surface area contributed by atoms with Crippen LogP contribution < -0.4 is 0 Å². The van der Waals surface area contributed by atoms with Gasteiger partial charge in [-0.05, 0) is 51.4 Å². The minimum absolute atomic E-state index is 0.0866. The highest BCUT2D eigenvalue weighted by atomic mass is 16.6. The number of carbonyl (C=O) groups is 2. The molecule has 0 rings (SSSR count). The molecule has 0 bridgehead atoms. The predicted molar refractivity (Wildman–Crippen MR) is 187 cm³/mol. The van der Waals surface area contributed by atoms with Crippen molar-refractivity contribution in [1.82, 2.24) is 0 Å². The van der Waals surface area contributed by atoms with Crippen molar-refractivity contribution in [3.63, 3.8) is 0 Å². The summed E-state index contributed by atoms with van der Waals surface area (Å²) >= 11 is 0. The molecule has 0 aromatic heterocycles. The Labute approximate surface area is 271 Å². The molecule has 0 amide bonds. The van der Waals surface area contributed by atoms with E-state index in [0.29, 0.717) is 12.8 Å². The topological polar surface area (TPSA) is 72.8 Å². The summed E-state index contributed by atoms with van der Waals surface area (Å²) in [5.41, 5.74) is 0. The van der Waals surface area contributed by atoms with E-state index in [2.05, 4.69) is 62.5 Å². The zero-order chi connectivity index (χ0) is 32.2. The first-order valence-electron chi connectivity index (χ1n) is 18.2. The van der Waals surface area contributed by atoms with E-state index in [0.717, 1.165) is 44.9 Å². The number of hydrogen-bond acceptors (Lipinski definition) is 5. The Balaban J connectivity index is 3.69. The molecule has 0 aliphatic carbocycles. The molecular weight excluding hydrogens is 548 g/mol. The number of aliphatic hydroxyl groups is 1. The van der Waals surface area contributed by atoms with Gasteiger partial charge in [0.05, 0.1) is 6.61 Å². The summed E-state index contributed by atoms with van der Waals surface area (Å²) in [6, 6.07) is 0. The lowest BCUT2D eigenvalue weighted by Crippen LogP contribution is -2.28. The summed E-state index contributed by atoms with van der Waals surface area (Å²) in [5.74, 6) is -0.657. The molecule has 5 nitrogen and oxygen atoms in total. The molecule has 0 aromatic carbocycles. The Morgan fingerprint density at radius 3 is 1.43 bits per heavy atom. The zero-order valence-electron chi connectivity index (χ0n) is 28.7. The molecule has 0 aliphatic rings. The fraction of sp³-hybridized carbons (Fsp3) is 0.744. The largest absolute Gasteiger partial charge is 0.462 e. The number of hydrogen-bond donors (Lipinski definition) is 1. The molecule has 254 valence electrons. The molecule has 0 fully saturated rings. The van der Waals surface area contributed by atoms with Gasteiger partial charge in [0, 0.05) is 12.8 Å². The molecule has 0 aromatic rings. The summed E-state index contributed by atoms with van der Waals surface area (Å²) in [5, 5.41) is 9.51. The van der Waals surface area contributed by atoms with Gasteiger partial charge in [0.2, 0.25) is 0 Å². The van der Waals surface area contributed by atoms with Crippen molar-refractivity contribution in [2.75, 3.05) is 13.2 Å². The molecule has 1 N–H and O–H groups in total. The van der Waals surface area contributed by atoms with Gasteiger partial charge in [0.15, 0.2) is 6.10 Å². The second-order valence-electron chi connectivity index (χ2n) is 12.0. The Bertz CT molecular complexity index is 752. The lowest BCUT2D eigenvalue weighted by Gasteiger charge is -2.15. The van der Waals surface area contributed by atoms with Crippen LogP contribution in [0.5, 0.6) is 0 Å². The van der Waals surface area contributed by atoms with Gasteiger partial charge in [0.25, 0.3) is 0 Å². The molecule has 5 heteroatoms. The molecule has 0 radical (unpaired) electrons. The maximum atomic E-state index is 12.1. The maximum absolute atomic E-state index is 12.1. The minimum Gasteiger partial charge on any atom is -0.462 e. The molecule has 44 heavy (non-hydrogen) atoms. The van der Waals surface area contributed by atoms with E-state index in [-0.39, 0.29) is 31.6 Å². The van der Waals surface area contributed by atoms with Crippen molar-refractivity contribution >= 4 is 11.9 Å². The Morgan fingerprint density at radius 1 is 0.523 bits per heavy atom. The molecule has 0 saturated carbocycles. The number of allylic oxidation sites excluding steroid dienone is 8. The first-order valence-corrected chi connectivity index (χ1v) is 18.2. The first-order chi connectivity index (χ1) is 21.6. The molecule has 0 unspecified atom stereocenters. The standard InChI is InChI=1S/C39H68O5/c1-3-5-7-9-11-13-15-17-18-19-20-22-24-26-28-30-32-34-39(42)44-37(35-40)36-43-38(41)33-31-29-27-25-23-21-16-14-12-10-8-6-4-2/h11,13,17-18,20,22,26,28,37,40H,3-10,12,14-16,19,21,23-25,27,29-36H2,1-2H3/b13-11+,18-17+,22-20+,28-26+/t37-/m0/s1. The van der Waals surface area contributed by atoms with E-state index in [4.69, 9.17) is 9.47 Å². The number of ether oxygens (including phenoxy) is 2. The van der Waals surface area contributed by atoms with Gasteiger partial charge in [-0.3, -0.25) is 9.59 Å². The van der Waals surface area contributed by atoms with Crippen molar-refractivity contribution in [3.8, 4) is 0 Å². The highest BCUT2D eigenvalue weighted by Crippen LogP contribution is 2.13. The van der Waals surface area contributed by atoms with Gasteiger partial charge in [-0.15, -0.1) is 0 Å². The van der Waals surface area contributed by atoms with Crippen LogP contribution in [-0.2, 0) is 19.1 Å². The fourth-order valence-electron chi connectivity index (χ4n) is 4.84. The number of esters is 2. The monoisotopic (exact) mass is 617 g/mol. The van der Waals surface area contributed by atoms with Crippen LogP contribution in [0.15, 0.2) is 48.6 Å². The summed E-state index contributed by atoms with van der Waals surface area (Å²) < 4.78 is 10.5. The quantitative estimate of drug-likeness (QED) is 0.0462. The van der Waals surface area contributed by atoms with Gasteiger partial charge < -0.3 is 14.6 Å². The minimum atomic E-state index is -0.797. The first kappa shape index (κ1) is 41.9. The van der Waals surface area contributed by atoms with Gasteiger partial charge in [-0.1, -0.05) is 152 Å². The van der Waals surface area contributed by atoms with Crippen molar-refractivity contribution < 1.29 is 24.2 Å². The normalized spacial score (nSPS) is 12.7. The van der Waals surface area contributed by atoms with Crippen LogP contribution in [0.25, 0.3) is 0 Å². The van der Waals surface area contributed by atoms with Crippen LogP contribution in [0.1, 0.15) is 168 Å². The molecule has 0 aliphatic heterocycles. The van der Waals surface area contributed by atoms with E-state index >= 15 is 0 Å². The number of aliphatic hydroxyl groups excluding tert-OH is 1. The maximum Gasteiger partial charge on any atom is 0.306 e. The molecule has 1 atom stereocenters. The molecular formula is C39H68O5. The van der Waals surface area contributed by atoms with Crippen molar-refractivity contribution in [2.45, 2.75) is 174 Å². The van der Waals surface area contributed by atoms with E-state index < -0.39 is 6.10 Å². The summed E-state index contributed by atoms with van der Waals surface area (Å²) in [7, 11) is 0. The van der Waals surface area contributed by atoms with E-state index in [9.17, 15) is 14.7 Å². The Hall–Kier alpha value is -2.14. The van der Waals surface area contributed by atoms with Crippen molar-refractivity contribution in [2.24, 2.45) is 0 Å². The highest BCUT2D eigenvalue weighted by molar-refractivity contribution is 5.70. The van der Waals surface area contributed by atoms with E-state index in [1.54, 1.807) is 0 Å². The third kappa shape index (κ3) is 32.8. The van der Waals surface area contributed by atoms with E-state index in [1.165, 1.54) is 89.9 Å². The summed E-state index contributed by atoms with van der Waals surface area (Å²) in [4.78, 5) is 24.1. The van der Waals surface area contributed by atoms with Crippen molar-refractivity contribution in [1.29, 1.82) is 0 Å². The van der Waals surface area contributed by atoms with Crippen LogP contribution in [0.3, 0.4) is 0 Å². The van der Waals surface area contributed by atoms with Gasteiger partial charge in [-0.2, -0.15) is 0 Å². The summed E-state index contributed by atoms with van der Waals surface area (Å²) in [6.07, 6.45) is 43.1. The average molecular weight is 617 g/mol. The van der Waals surface area contributed by atoms with Gasteiger partial charge in [0.1, 0.15) is 6.61 Å². The SMILES string of the molecule is CCCCC/C=C/C/C=C/C/C=C/C/C=C/CCCC(=O)O[C@@H](CO)COC(=O)CCCCCCCCCCCCCCC. The van der Waals surface area contributed by atoms with Crippen LogP contribution in [0.4, 0.5) is 0 Å². The number of unbranched alkanes of at least 4 members (excludes halogenated alkanes) is 16. The number of carbonyl (C=O) groups excluding carboxylic acids is 2. The number of rotatable bonds is 32. The Morgan fingerprint density at radius 2 is 0.932 bits per heavy atom. The third-order valence-electron chi connectivity index (χ3n) is 7.63. The third-order valence-corrected chi connectivity index (χ3v) is 7.63. The van der Waals surface area contributed by atoms with Crippen LogP contribution in [0, 0.1) is 0 Å². The second-order valence-corrected chi connectivity index (χ2v) is 12.0. The fourth-order valence-corrected chi connectivity index (χ4v) is 4.84. The van der Waals surface area contributed by atoms with Gasteiger partial charge >= 0.3 is 11.9 Å². The lowest BCUT2D eigenvalue weighted by molar-refractivity contribution is -0.161. The smallest absolute Gasteiger partial charge is 0.306 e. The zero-order valence-corrected chi connectivity index (χ0v) is 28.7. The Kier molecular flexibility index (Phi) is 33.6. The second kappa shape index (κ2) is 35.3. The van der Waals surface area contributed by atoms with Crippen LogP contribution in [0.2, 0.25) is 0 Å². The van der Waals surface area contributed by atoms with Crippen LogP contribution >= 0.6 is 0 Å². The molecule has 0 spiro atoms. The lowest BCUT2D eigenvalue weighted by atomic mass is 10.0.